The molecule has 1 aliphatic heterocycles. The molecule has 1 N–H and O–H groups in total. The van der Waals surface area contributed by atoms with Crippen molar-refractivity contribution >= 4 is 33.2 Å². The Bertz CT molecular complexity index is 881. The number of benzene rings is 1. The third kappa shape index (κ3) is 6.44. The molecule has 4 rings (SSSR count). The molecule has 144 valence electrons. The van der Waals surface area contributed by atoms with Gasteiger partial charge in [0.2, 0.25) is 5.88 Å². The predicted molar refractivity (Wildman–Crippen MR) is 111 cm³/mol. The van der Waals surface area contributed by atoms with E-state index in [9.17, 15) is 4.79 Å². The number of Topliss-reactive ketones (excluding diaryl/α,β-unsaturated/α-hetero) is 1. The number of nitrogens with one attached hydrogen (secondary N) is 1. The molecule has 1 aliphatic rings. The molecule has 0 saturated carbocycles. The number of pyridine rings is 2. The highest BCUT2D eigenvalue weighted by atomic mass is 79.9. The van der Waals surface area contributed by atoms with Crippen LogP contribution in [0, 0.1) is 0 Å². The van der Waals surface area contributed by atoms with Crippen LogP contribution in [-0.4, -0.2) is 29.0 Å². The lowest BCUT2D eigenvalue weighted by Gasteiger charge is -2.08. The van der Waals surface area contributed by atoms with E-state index in [2.05, 4.69) is 31.2 Å². The molecule has 1 fully saturated rings. The highest BCUT2D eigenvalue weighted by Crippen LogP contribution is 2.27. The van der Waals surface area contributed by atoms with E-state index in [1.807, 2.05) is 54.6 Å². The molecule has 1 saturated heterocycles. The number of ketones is 1. The first-order chi connectivity index (χ1) is 13.7. The van der Waals surface area contributed by atoms with E-state index < -0.39 is 0 Å². The monoisotopic (exact) mass is 441 g/mol. The van der Waals surface area contributed by atoms with Gasteiger partial charge >= 0.3 is 0 Å². The molecule has 0 aliphatic carbocycles. The zero-order valence-corrected chi connectivity index (χ0v) is 16.8. The standard InChI is InChI=1S/C16H12BrN3O.C5H8O2/c17-14-4-3-11-19-16(14)21-13-8-6-12(7-9-13)20-15-5-1-2-10-18-15;6-5-1-3-7-4-2-5/h1-11H,(H,18,20);1-4H2. The van der Waals surface area contributed by atoms with Crippen molar-refractivity contribution in [2.24, 2.45) is 0 Å². The van der Waals surface area contributed by atoms with Gasteiger partial charge in [0.1, 0.15) is 17.4 Å². The van der Waals surface area contributed by atoms with Gasteiger partial charge in [0.15, 0.2) is 0 Å². The Morgan fingerprint density at radius 2 is 1.68 bits per heavy atom. The van der Waals surface area contributed by atoms with Crippen molar-refractivity contribution < 1.29 is 14.3 Å². The minimum atomic E-state index is 0.339. The summed E-state index contributed by atoms with van der Waals surface area (Å²) in [5, 5.41) is 3.21. The predicted octanol–water partition coefficient (Wildman–Crippen LogP) is 5.14. The lowest BCUT2D eigenvalue weighted by atomic mass is 10.2. The van der Waals surface area contributed by atoms with Crippen molar-refractivity contribution in [2.45, 2.75) is 12.8 Å². The van der Waals surface area contributed by atoms with Crippen molar-refractivity contribution in [3.63, 3.8) is 0 Å². The molecular formula is C21H20BrN3O3. The number of anilines is 2. The second kappa shape index (κ2) is 10.5. The number of carbonyl (C=O) groups is 1. The fraction of sp³-hybridized carbons (Fsp3) is 0.190. The summed E-state index contributed by atoms with van der Waals surface area (Å²) < 4.78 is 11.5. The summed E-state index contributed by atoms with van der Waals surface area (Å²) >= 11 is 3.40. The van der Waals surface area contributed by atoms with Gasteiger partial charge < -0.3 is 14.8 Å². The maximum atomic E-state index is 10.4. The van der Waals surface area contributed by atoms with Gasteiger partial charge in [0, 0.05) is 30.9 Å². The first-order valence-electron chi connectivity index (χ1n) is 8.86. The molecule has 7 heteroatoms. The lowest BCUT2D eigenvalue weighted by Crippen LogP contribution is -2.14. The second-order valence-corrected chi connectivity index (χ2v) is 6.76. The van der Waals surface area contributed by atoms with E-state index in [1.165, 1.54) is 0 Å². The van der Waals surface area contributed by atoms with E-state index in [-0.39, 0.29) is 0 Å². The van der Waals surface area contributed by atoms with Crippen molar-refractivity contribution in [2.75, 3.05) is 18.5 Å². The molecule has 0 unspecified atom stereocenters. The summed E-state index contributed by atoms with van der Waals surface area (Å²) in [6.07, 6.45) is 4.69. The maximum absolute atomic E-state index is 10.4. The number of ether oxygens (including phenoxy) is 2. The number of hydrogen-bond donors (Lipinski definition) is 1. The van der Waals surface area contributed by atoms with E-state index in [0.29, 0.717) is 37.7 Å². The van der Waals surface area contributed by atoms with Gasteiger partial charge in [0.05, 0.1) is 17.7 Å². The molecule has 0 atom stereocenters. The molecule has 0 radical (unpaired) electrons. The van der Waals surface area contributed by atoms with Gasteiger partial charge in [-0.1, -0.05) is 6.07 Å². The van der Waals surface area contributed by atoms with Gasteiger partial charge in [-0.3, -0.25) is 4.79 Å². The number of hydrogen-bond acceptors (Lipinski definition) is 6. The van der Waals surface area contributed by atoms with Gasteiger partial charge in [-0.05, 0) is 64.5 Å². The Morgan fingerprint density at radius 1 is 0.929 bits per heavy atom. The summed E-state index contributed by atoms with van der Waals surface area (Å²) in [7, 11) is 0. The normalized spacial score (nSPS) is 13.2. The van der Waals surface area contributed by atoms with Gasteiger partial charge in [0.25, 0.3) is 0 Å². The summed E-state index contributed by atoms with van der Waals surface area (Å²) in [6, 6.07) is 17.1. The largest absolute Gasteiger partial charge is 0.438 e. The van der Waals surface area contributed by atoms with Crippen LogP contribution in [0.1, 0.15) is 12.8 Å². The highest BCUT2D eigenvalue weighted by molar-refractivity contribution is 9.10. The molecule has 0 bridgehead atoms. The van der Waals surface area contributed by atoms with Gasteiger partial charge in [-0.15, -0.1) is 0 Å². The Hall–Kier alpha value is -2.77. The summed E-state index contributed by atoms with van der Waals surface area (Å²) in [5.74, 6) is 2.41. The number of rotatable bonds is 4. The van der Waals surface area contributed by atoms with E-state index in [4.69, 9.17) is 9.47 Å². The summed E-state index contributed by atoms with van der Waals surface area (Å²) in [6.45, 7) is 1.28. The average Bonchev–Trinajstić information content (AvgIpc) is 2.73. The molecule has 6 nitrogen and oxygen atoms in total. The topological polar surface area (TPSA) is 73.3 Å². The molecule has 0 amide bonds. The van der Waals surface area contributed by atoms with E-state index >= 15 is 0 Å². The first-order valence-corrected chi connectivity index (χ1v) is 9.66. The quantitative estimate of drug-likeness (QED) is 0.603. The van der Waals surface area contributed by atoms with Crippen LogP contribution in [0.4, 0.5) is 11.5 Å². The fourth-order valence-electron chi connectivity index (χ4n) is 2.35. The minimum Gasteiger partial charge on any atom is -0.438 e. The van der Waals surface area contributed by atoms with Crippen molar-refractivity contribution in [1.82, 2.24) is 9.97 Å². The van der Waals surface area contributed by atoms with Crippen LogP contribution in [0.25, 0.3) is 0 Å². The van der Waals surface area contributed by atoms with Crippen LogP contribution in [-0.2, 0) is 9.53 Å². The van der Waals surface area contributed by atoms with Crippen LogP contribution in [0.3, 0.4) is 0 Å². The number of aromatic nitrogens is 2. The molecule has 3 aromatic rings. The molecular weight excluding hydrogens is 422 g/mol. The minimum absolute atomic E-state index is 0.339. The van der Waals surface area contributed by atoms with Gasteiger partial charge in [-0.25, -0.2) is 9.97 Å². The maximum Gasteiger partial charge on any atom is 0.233 e. The molecule has 2 aromatic heterocycles. The van der Waals surface area contributed by atoms with Crippen molar-refractivity contribution in [1.29, 1.82) is 0 Å². The Labute approximate surface area is 172 Å². The molecule has 28 heavy (non-hydrogen) atoms. The molecule has 3 heterocycles. The Balaban J connectivity index is 0.000000271. The first kappa shape index (κ1) is 20.0. The number of nitrogens with zero attached hydrogens (tertiary/aromatic N) is 2. The van der Waals surface area contributed by atoms with Crippen LogP contribution in [0.2, 0.25) is 0 Å². The highest BCUT2D eigenvalue weighted by Gasteiger charge is 2.06. The fourth-order valence-corrected chi connectivity index (χ4v) is 2.68. The van der Waals surface area contributed by atoms with Gasteiger partial charge in [-0.2, -0.15) is 0 Å². The third-order valence-electron chi connectivity index (χ3n) is 3.78. The van der Waals surface area contributed by atoms with Crippen LogP contribution < -0.4 is 10.1 Å². The van der Waals surface area contributed by atoms with Crippen LogP contribution in [0.5, 0.6) is 11.6 Å². The van der Waals surface area contributed by atoms with Crippen LogP contribution >= 0.6 is 15.9 Å². The second-order valence-electron chi connectivity index (χ2n) is 5.91. The Kier molecular flexibility index (Phi) is 7.52. The zero-order chi connectivity index (χ0) is 19.6. The molecule has 0 spiro atoms. The lowest BCUT2D eigenvalue weighted by molar-refractivity contribution is -0.124. The SMILES string of the molecule is Brc1cccnc1Oc1ccc(Nc2ccccn2)cc1.O=C1CCOCC1. The van der Waals surface area contributed by atoms with E-state index in [1.54, 1.807) is 12.4 Å². The zero-order valence-electron chi connectivity index (χ0n) is 15.2. The third-order valence-corrected chi connectivity index (χ3v) is 4.38. The number of carbonyl (C=O) groups excluding carboxylic acids is 1. The van der Waals surface area contributed by atoms with Crippen LogP contribution in [0.15, 0.2) is 71.5 Å². The molecule has 1 aromatic carbocycles. The van der Waals surface area contributed by atoms with E-state index in [0.717, 1.165) is 21.7 Å². The smallest absolute Gasteiger partial charge is 0.233 e. The average molecular weight is 442 g/mol. The summed E-state index contributed by atoms with van der Waals surface area (Å²) in [5.41, 5.74) is 0.945. The van der Waals surface area contributed by atoms with Crippen molar-refractivity contribution in [3.05, 3.63) is 71.5 Å². The summed E-state index contributed by atoms with van der Waals surface area (Å²) in [4.78, 5) is 18.8. The number of halogens is 1. The Morgan fingerprint density at radius 3 is 2.29 bits per heavy atom. The van der Waals surface area contributed by atoms with Crippen molar-refractivity contribution in [3.8, 4) is 11.6 Å².